The molecule has 55 heavy (non-hydrogen) atoms. The zero-order valence-electron chi connectivity index (χ0n) is 29.5. The summed E-state index contributed by atoms with van der Waals surface area (Å²) in [7, 11) is 0. The number of benzene rings is 7. The molecule has 0 fully saturated rings. The minimum Gasteiger partial charge on any atom is -0.485 e. The number of ether oxygens (including phenoxy) is 1. The number of hydrogen-bond donors (Lipinski definition) is 0. The summed E-state index contributed by atoms with van der Waals surface area (Å²) in [5, 5.41) is 4.82. The molecule has 2 aliphatic heterocycles. The Morgan fingerprint density at radius 3 is 2.09 bits per heavy atom. The number of hydrogen-bond acceptors (Lipinski definition) is 3. The molecule has 2 unspecified atom stereocenters. The maximum Gasteiger partial charge on any atom is 0.165 e. The fourth-order valence-corrected chi connectivity index (χ4v) is 9.69. The van der Waals surface area contributed by atoms with Crippen LogP contribution in [0.1, 0.15) is 17.2 Å². The van der Waals surface area contributed by atoms with Crippen LogP contribution in [-0.4, -0.2) is 25.2 Å². The topological polar surface area (TPSA) is 44.9 Å². The minimum absolute atomic E-state index is 0.0434. The van der Waals surface area contributed by atoms with E-state index in [0.717, 1.165) is 44.9 Å². The van der Waals surface area contributed by atoms with Crippen LogP contribution in [0.3, 0.4) is 0 Å². The highest BCUT2D eigenvalue weighted by atomic mass is 16.5. The number of nitrogens with zero attached hydrogens (tertiary/aromatic N) is 4. The van der Waals surface area contributed by atoms with E-state index in [0.29, 0.717) is 0 Å². The molecule has 5 heterocycles. The highest BCUT2D eigenvalue weighted by Crippen LogP contribution is 2.52. The van der Waals surface area contributed by atoms with Crippen molar-refractivity contribution in [1.82, 2.24) is 19.1 Å². The van der Waals surface area contributed by atoms with Gasteiger partial charge in [-0.2, -0.15) is 0 Å². The number of rotatable bonds is 2. The van der Waals surface area contributed by atoms with Gasteiger partial charge in [0.05, 0.1) is 38.8 Å². The molecule has 0 bridgehead atoms. The van der Waals surface area contributed by atoms with Crippen LogP contribution in [0.25, 0.3) is 94.0 Å². The largest absolute Gasteiger partial charge is 0.485 e. The van der Waals surface area contributed by atoms with Gasteiger partial charge in [-0.05, 0) is 59.7 Å². The van der Waals surface area contributed by atoms with Gasteiger partial charge in [-0.3, -0.25) is 4.57 Å². The number of para-hydroxylation sites is 6. The molecule has 5 nitrogen and oxygen atoms in total. The van der Waals surface area contributed by atoms with Gasteiger partial charge in [0, 0.05) is 49.7 Å². The molecule has 0 saturated heterocycles. The van der Waals surface area contributed by atoms with Crippen molar-refractivity contribution < 1.29 is 4.74 Å². The highest BCUT2D eigenvalue weighted by molar-refractivity contribution is 6.28. The zero-order valence-corrected chi connectivity index (χ0v) is 29.5. The SMILES string of the molecule is C1=CC2Oc3ccccc3C2C=C1c1nc2ccccc2nc1-n1c2ccccc2c2c3c4c(cc21)c1ccccc1n4-c1ccccc1-c1ccccc1-3. The third kappa shape index (κ3) is 3.86. The zero-order chi connectivity index (χ0) is 35.8. The van der Waals surface area contributed by atoms with Gasteiger partial charge in [-0.25, -0.2) is 9.97 Å². The lowest BCUT2D eigenvalue weighted by molar-refractivity contribution is 0.269. The lowest BCUT2D eigenvalue weighted by Gasteiger charge is -2.20. The summed E-state index contributed by atoms with van der Waals surface area (Å²) in [6.07, 6.45) is 6.65. The molecule has 13 rings (SSSR count). The highest BCUT2D eigenvalue weighted by Gasteiger charge is 2.35. The fourth-order valence-electron chi connectivity index (χ4n) is 9.69. The van der Waals surface area contributed by atoms with Crippen LogP contribution < -0.4 is 4.74 Å². The second kappa shape index (κ2) is 10.7. The van der Waals surface area contributed by atoms with Gasteiger partial charge in [0.2, 0.25) is 0 Å². The summed E-state index contributed by atoms with van der Waals surface area (Å²) < 4.78 is 11.3. The summed E-state index contributed by atoms with van der Waals surface area (Å²) >= 11 is 0. The molecule has 0 radical (unpaired) electrons. The van der Waals surface area contributed by atoms with E-state index in [1.165, 1.54) is 66.1 Å². The number of fused-ring (bicyclic) bond motifs is 16. The predicted octanol–water partition coefficient (Wildman–Crippen LogP) is 12.0. The van der Waals surface area contributed by atoms with Crippen molar-refractivity contribution in [2.45, 2.75) is 12.0 Å². The van der Waals surface area contributed by atoms with Crippen molar-refractivity contribution in [2.75, 3.05) is 0 Å². The van der Waals surface area contributed by atoms with E-state index in [2.05, 4.69) is 161 Å². The van der Waals surface area contributed by atoms with E-state index in [1.807, 2.05) is 18.2 Å². The first kappa shape index (κ1) is 29.2. The van der Waals surface area contributed by atoms with Crippen molar-refractivity contribution in [3.05, 3.63) is 181 Å². The summed E-state index contributed by atoms with van der Waals surface area (Å²) in [6.45, 7) is 0. The Labute approximate surface area is 315 Å². The van der Waals surface area contributed by atoms with Gasteiger partial charge in [-0.15, -0.1) is 0 Å². The predicted molar refractivity (Wildman–Crippen MR) is 223 cm³/mol. The first-order chi connectivity index (χ1) is 27.3. The molecule has 0 N–H and O–H groups in total. The lowest BCUT2D eigenvalue weighted by atomic mass is 9.88. The first-order valence-electron chi connectivity index (χ1n) is 18.9. The standard InChI is InChI=1S/C50H30N4O/c1-2-17-34-30(13-1)31-14-3-9-21-40(31)53-41-22-10-4-15-32(41)37-28-43-46(47(34)49(37)53)35-18-5-11-23-42(35)54(43)50-48(51-38-19-7-8-20-39(38)52-50)29-25-26-45-36(27-29)33-16-6-12-24-44(33)55-45/h1-28,36,45H. The number of allylic oxidation sites excluding steroid dienone is 2. The van der Waals surface area contributed by atoms with E-state index in [9.17, 15) is 0 Å². The van der Waals surface area contributed by atoms with Crippen LogP contribution in [0.2, 0.25) is 0 Å². The van der Waals surface area contributed by atoms with Crippen molar-refractivity contribution in [2.24, 2.45) is 0 Å². The van der Waals surface area contributed by atoms with Crippen LogP contribution >= 0.6 is 0 Å². The Bertz CT molecular complexity index is 3380. The smallest absolute Gasteiger partial charge is 0.165 e. The van der Waals surface area contributed by atoms with Crippen LogP contribution in [0.5, 0.6) is 5.75 Å². The van der Waals surface area contributed by atoms with Crippen molar-refractivity contribution in [1.29, 1.82) is 0 Å². The van der Waals surface area contributed by atoms with Gasteiger partial charge in [0.25, 0.3) is 0 Å². The summed E-state index contributed by atoms with van der Waals surface area (Å²) in [5.41, 5.74) is 15.5. The normalized spacial score (nSPS) is 16.5. The fraction of sp³-hybridized carbons (Fsp3) is 0.0400. The van der Waals surface area contributed by atoms with E-state index in [1.54, 1.807) is 0 Å². The van der Waals surface area contributed by atoms with Crippen LogP contribution in [-0.2, 0) is 0 Å². The van der Waals surface area contributed by atoms with Crippen LogP contribution in [0.4, 0.5) is 0 Å². The summed E-state index contributed by atoms with van der Waals surface area (Å²) in [5.74, 6) is 1.85. The lowest BCUT2D eigenvalue weighted by Crippen LogP contribution is -2.17. The van der Waals surface area contributed by atoms with E-state index < -0.39 is 0 Å². The minimum atomic E-state index is -0.0434. The van der Waals surface area contributed by atoms with E-state index in [4.69, 9.17) is 14.7 Å². The molecule has 1 aliphatic carbocycles. The Balaban J connectivity index is 1.20. The maximum absolute atomic E-state index is 6.38. The molecule has 7 aromatic carbocycles. The van der Waals surface area contributed by atoms with Gasteiger partial charge >= 0.3 is 0 Å². The molecule has 10 aromatic rings. The van der Waals surface area contributed by atoms with Gasteiger partial charge in [-0.1, -0.05) is 121 Å². The molecular weight excluding hydrogens is 673 g/mol. The van der Waals surface area contributed by atoms with Crippen molar-refractivity contribution in [3.8, 4) is 39.5 Å². The molecule has 256 valence electrons. The molecule has 3 aliphatic rings. The monoisotopic (exact) mass is 702 g/mol. The number of aromatic nitrogens is 4. The Kier molecular flexibility index (Phi) is 5.68. The third-order valence-electron chi connectivity index (χ3n) is 12.0. The summed E-state index contributed by atoms with van der Waals surface area (Å²) in [6, 6.07) is 54.4. The van der Waals surface area contributed by atoms with E-state index >= 15 is 0 Å². The Morgan fingerprint density at radius 1 is 0.545 bits per heavy atom. The molecule has 3 aromatic heterocycles. The first-order valence-corrected chi connectivity index (χ1v) is 18.9. The third-order valence-corrected chi connectivity index (χ3v) is 12.0. The van der Waals surface area contributed by atoms with Gasteiger partial charge in [0.15, 0.2) is 5.82 Å². The quantitative estimate of drug-likeness (QED) is 0.180. The van der Waals surface area contributed by atoms with Crippen molar-refractivity contribution in [3.63, 3.8) is 0 Å². The Morgan fingerprint density at radius 2 is 1.22 bits per heavy atom. The molecule has 0 saturated carbocycles. The average Bonchev–Trinajstić information content (AvgIpc) is 3.87. The second-order valence-corrected chi connectivity index (χ2v) is 14.8. The average molecular weight is 703 g/mol. The summed E-state index contributed by atoms with van der Waals surface area (Å²) in [4.78, 5) is 11.0. The van der Waals surface area contributed by atoms with E-state index in [-0.39, 0.29) is 12.0 Å². The second-order valence-electron chi connectivity index (χ2n) is 14.8. The molecular formula is C50H30N4O. The Hall–Kier alpha value is -7.24. The molecule has 5 heteroatoms. The van der Waals surface area contributed by atoms with Crippen LogP contribution in [0.15, 0.2) is 170 Å². The maximum atomic E-state index is 6.38. The van der Waals surface area contributed by atoms with Gasteiger partial charge < -0.3 is 9.30 Å². The van der Waals surface area contributed by atoms with Crippen LogP contribution in [0, 0.1) is 0 Å². The molecule has 2 atom stereocenters. The molecule has 0 amide bonds. The molecule has 0 spiro atoms. The van der Waals surface area contributed by atoms with Crippen molar-refractivity contribution >= 4 is 60.2 Å². The van der Waals surface area contributed by atoms with Gasteiger partial charge in [0.1, 0.15) is 17.5 Å².